The van der Waals surface area contributed by atoms with Crippen molar-refractivity contribution in [3.63, 3.8) is 0 Å². The number of thiophene rings is 1. The van der Waals surface area contributed by atoms with Gasteiger partial charge >= 0.3 is 0 Å². The van der Waals surface area contributed by atoms with Gasteiger partial charge in [0, 0.05) is 30.6 Å². The number of methoxy groups -OCH3 is 1. The first-order valence-electron chi connectivity index (χ1n) is 11.5. The summed E-state index contributed by atoms with van der Waals surface area (Å²) in [5.74, 6) is 0.807. The normalized spacial score (nSPS) is 15.2. The summed E-state index contributed by atoms with van der Waals surface area (Å²) in [7, 11) is 1.62. The number of aryl methyl sites for hydroxylation is 1. The summed E-state index contributed by atoms with van der Waals surface area (Å²) in [4.78, 5) is 27.9. The molecule has 0 bridgehead atoms. The summed E-state index contributed by atoms with van der Waals surface area (Å²) < 4.78 is 6.87. The first-order valence-corrected chi connectivity index (χ1v) is 12.3. The maximum Gasteiger partial charge on any atom is 0.244 e. The number of likely N-dealkylation sites (tertiary alicyclic amines) is 1. The summed E-state index contributed by atoms with van der Waals surface area (Å²) in [5.41, 5.74) is 1.55. The van der Waals surface area contributed by atoms with E-state index in [0.29, 0.717) is 31.6 Å². The van der Waals surface area contributed by atoms with Gasteiger partial charge < -0.3 is 20.1 Å². The van der Waals surface area contributed by atoms with Crippen LogP contribution in [0.2, 0.25) is 0 Å². The quantitative estimate of drug-likeness (QED) is 0.487. The Hall–Kier alpha value is -3.17. The maximum atomic E-state index is 12.7. The summed E-state index contributed by atoms with van der Waals surface area (Å²) >= 11 is 1.57. The van der Waals surface area contributed by atoms with Crippen molar-refractivity contribution in [3.8, 4) is 5.75 Å². The highest BCUT2D eigenvalue weighted by Crippen LogP contribution is 2.33. The standard InChI is InChI=1S/C25H30N4O4S/c1-33-21-6-3-2-5-18(21)8-9-23(30)27-20-15-26-29(16-20)17-24(31)28-12-10-19(11-13-28)25(32)22-7-4-14-34-22/h2-7,14-16,19,25,32H,8-13,17H2,1H3,(H,27,30)/t25-/m1/s1. The Kier molecular flexibility index (Phi) is 7.97. The number of benzene rings is 1. The minimum absolute atomic E-state index is 0.0128. The molecule has 1 fully saturated rings. The number of amides is 2. The lowest BCUT2D eigenvalue weighted by Crippen LogP contribution is -2.41. The van der Waals surface area contributed by atoms with Gasteiger partial charge in [-0.25, -0.2) is 0 Å². The van der Waals surface area contributed by atoms with Gasteiger partial charge in [-0.1, -0.05) is 24.3 Å². The van der Waals surface area contributed by atoms with E-state index in [0.717, 1.165) is 29.0 Å². The molecule has 180 valence electrons. The number of rotatable bonds is 9. The summed E-state index contributed by atoms with van der Waals surface area (Å²) in [5, 5.41) is 19.6. The van der Waals surface area contributed by atoms with Gasteiger partial charge in [0.15, 0.2) is 0 Å². The van der Waals surface area contributed by atoms with Crippen LogP contribution in [0.5, 0.6) is 5.75 Å². The minimum Gasteiger partial charge on any atom is -0.496 e. The number of anilines is 1. The van der Waals surface area contributed by atoms with Crippen molar-refractivity contribution < 1.29 is 19.4 Å². The Balaban J connectivity index is 1.22. The van der Waals surface area contributed by atoms with E-state index in [-0.39, 0.29) is 24.3 Å². The van der Waals surface area contributed by atoms with E-state index >= 15 is 0 Å². The molecule has 9 heteroatoms. The molecule has 1 aliphatic rings. The second-order valence-electron chi connectivity index (χ2n) is 8.47. The lowest BCUT2D eigenvalue weighted by molar-refractivity contribution is -0.134. The Labute approximate surface area is 203 Å². The highest BCUT2D eigenvalue weighted by molar-refractivity contribution is 7.10. The number of aliphatic hydroxyl groups is 1. The number of carbonyl (C=O) groups is 2. The Morgan fingerprint density at radius 3 is 2.76 bits per heavy atom. The van der Waals surface area contributed by atoms with E-state index in [2.05, 4.69) is 10.4 Å². The van der Waals surface area contributed by atoms with E-state index in [9.17, 15) is 14.7 Å². The predicted molar refractivity (Wildman–Crippen MR) is 131 cm³/mol. The van der Waals surface area contributed by atoms with Gasteiger partial charge in [-0.3, -0.25) is 14.3 Å². The largest absolute Gasteiger partial charge is 0.496 e. The fourth-order valence-electron chi connectivity index (χ4n) is 4.29. The lowest BCUT2D eigenvalue weighted by atomic mass is 9.90. The second kappa shape index (κ2) is 11.3. The zero-order valence-electron chi connectivity index (χ0n) is 19.2. The van der Waals surface area contributed by atoms with Crippen molar-refractivity contribution in [2.24, 2.45) is 5.92 Å². The molecule has 0 spiro atoms. The minimum atomic E-state index is -0.461. The summed E-state index contributed by atoms with van der Waals surface area (Å²) in [6.45, 7) is 1.37. The molecule has 0 unspecified atom stereocenters. The third-order valence-corrected chi connectivity index (χ3v) is 7.14. The Morgan fingerprint density at radius 1 is 1.24 bits per heavy atom. The van der Waals surface area contributed by atoms with Gasteiger partial charge in [0.25, 0.3) is 0 Å². The fourth-order valence-corrected chi connectivity index (χ4v) is 5.09. The molecule has 2 N–H and O–H groups in total. The molecule has 3 heterocycles. The predicted octanol–water partition coefficient (Wildman–Crippen LogP) is 3.50. The molecule has 2 aromatic heterocycles. The average Bonchev–Trinajstić information content (AvgIpc) is 3.55. The maximum absolute atomic E-state index is 12.7. The van der Waals surface area contributed by atoms with Crippen LogP contribution in [-0.2, 0) is 22.6 Å². The Morgan fingerprint density at radius 2 is 2.03 bits per heavy atom. The number of piperidine rings is 1. The molecule has 0 radical (unpaired) electrons. The first kappa shape index (κ1) is 24.0. The van der Waals surface area contributed by atoms with Crippen LogP contribution in [0, 0.1) is 5.92 Å². The number of para-hydroxylation sites is 1. The molecule has 1 aliphatic heterocycles. The van der Waals surface area contributed by atoms with E-state index in [1.165, 1.54) is 0 Å². The van der Waals surface area contributed by atoms with Crippen molar-refractivity contribution in [3.05, 3.63) is 64.6 Å². The number of nitrogens with zero attached hydrogens (tertiary/aromatic N) is 3. The monoisotopic (exact) mass is 482 g/mol. The van der Waals surface area contributed by atoms with Gasteiger partial charge in [-0.2, -0.15) is 5.10 Å². The fraction of sp³-hybridized carbons (Fsp3) is 0.400. The Bertz CT molecular complexity index is 1090. The topological polar surface area (TPSA) is 96.7 Å². The molecular weight excluding hydrogens is 452 g/mol. The number of aromatic nitrogens is 2. The van der Waals surface area contributed by atoms with Crippen molar-refractivity contribution in [1.82, 2.24) is 14.7 Å². The van der Waals surface area contributed by atoms with Crippen LogP contribution in [0.25, 0.3) is 0 Å². The number of hydrogen-bond donors (Lipinski definition) is 2. The van der Waals surface area contributed by atoms with Crippen LogP contribution in [0.1, 0.15) is 35.8 Å². The molecule has 34 heavy (non-hydrogen) atoms. The van der Waals surface area contributed by atoms with Crippen LogP contribution in [0.4, 0.5) is 5.69 Å². The molecule has 1 aromatic carbocycles. The van der Waals surface area contributed by atoms with Gasteiger partial charge in [-0.15, -0.1) is 11.3 Å². The smallest absolute Gasteiger partial charge is 0.244 e. The van der Waals surface area contributed by atoms with Crippen molar-refractivity contribution in [2.45, 2.75) is 38.3 Å². The average molecular weight is 483 g/mol. The van der Waals surface area contributed by atoms with E-state index in [1.54, 1.807) is 35.5 Å². The molecule has 0 aliphatic carbocycles. The van der Waals surface area contributed by atoms with Crippen molar-refractivity contribution in [2.75, 3.05) is 25.5 Å². The summed E-state index contributed by atoms with van der Waals surface area (Å²) in [6.07, 6.45) is 5.20. The molecule has 4 rings (SSSR count). The van der Waals surface area contributed by atoms with Crippen molar-refractivity contribution in [1.29, 1.82) is 0 Å². The highest BCUT2D eigenvalue weighted by Gasteiger charge is 2.28. The summed E-state index contributed by atoms with van der Waals surface area (Å²) in [6, 6.07) is 11.5. The molecule has 1 atom stereocenters. The molecular formula is C25H30N4O4S. The number of aliphatic hydroxyl groups excluding tert-OH is 1. The van der Waals surface area contributed by atoms with Crippen LogP contribution >= 0.6 is 11.3 Å². The molecule has 3 aromatic rings. The lowest BCUT2D eigenvalue weighted by Gasteiger charge is -2.34. The SMILES string of the molecule is COc1ccccc1CCC(=O)Nc1cnn(CC(=O)N2CCC([C@@H](O)c3cccs3)CC2)c1. The van der Waals surface area contributed by atoms with Crippen LogP contribution in [0.3, 0.4) is 0 Å². The zero-order chi connectivity index (χ0) is 23.9. The van der Waals surface area contributed by atoms with Crippen LogP contribution in [0.15, 0.2) is 54.2 Å². The molecule has 2 amide bonds. The van der Waals surface area contributed by atoms with Crippen molar-refractivity contribution >= 4 is 28.8 Å². The van der Waals surface area contributed by atoms with E-state index < -0.39 is 6.10 Å². The molecule has 8 nitrogen and oxygen atoms in total. The van der Waals surface area contributed by atoms with Crippen LogP contribution < -0.4 is 10.1 Å². The highest BCUT2D eigenvalue weighted by atomic mass is 32.1. The zero-order valence-corrected chi connectivity index (χ0v) is 20.0. The number of nitrogens with one attached hydrogen (secondary N) is 1. The van der Waals surface area contributed by atoms with Gasteiger partial charge in [0.2, 0.25) is 11.8 Å². The van der Waals surface area contributed by atoms with Gasteiger partial charge in [0.1, 0.15) is 12.3 Å². The second-order valence-corrected chi connectivity index (χ2v) is 9.44. The number of ether oxygens (including phenoxy) is 1. The number of carbonyl (C=O) groups excluding carboxylic acids is 2. The molecule has 0 saturated carbocycles. The van der Waals surface area contributed by atoms with Gasteiger partial charge in [0.05, 0.1) is 25.1 Å². The third kappa shape index (κ3) is 6.03. The van der Waals surface area contributed by atoms with E-state index in [4.69, 9.17) is 4.74 Å². The van der Waals surface area contributed by atoms with E-state index in [1.807, 2.05) is 46.7 Å². The number of hydrogen-bond acceptors (Lipinski definition) is 6. The van der Waals surface area contributed by atoms with Gasteiger partial charge in [-0.05, 0) is 48.3 Å². The molecule has 1 saturated heterocycles. The first-order chi connectivity index (χ1) is 16.5. The third-order valence-electron chi connectivity index (χ3n) is 6.20. The van der Waals surface area contributed by atoms with Crippen LogP contribution in [-0.4, -0.2) is 51.8 Å².